The number of anilines is 3. The van der Waals surface area contributed by atoms with Crippen LogP contribution >= 0.6 is 11.3 Å². The number of hydrogen-bond donors (Lipinski definition) is 0. The number of thiophene rings is 1. The van der Waals surface area contributed by atoms with Crippen LogP contribution in [0.3, 0.4) is 0 Å². The minimum Gasteiger partial charge on any atom is -0.454 e. The van der Waals surface area contributed by atoms with Gasteiger partial charge in [-0.3, -0.25) is 0 Å². The van der Waals surface area contributed by atoms with Crippen molar-refractivity contribution in [1.29, 1.82) is 0 Å². The molecule has 0 N–H and O–H groups in total. The van der Waals surface area contributed by atoms with E-state index in [2.05, 4.69) is 157 Å². The van der Waals surface area contributed by atoms with Gasteiger partial charge in [0.1, 0.15) is 5.58 Å². The Bertz CT molecular complexity index is 2420. The van der Waals surface area contributed by atoms with Crippen LogP contribution in [0.4, 0.5) is 17.1 Å². The van der Waals surface area contributed by atoms with Gasteiger partial charge in [0.25, 0.3) is 0 Å². The summed E-state index contributed by atoms with van der Waals surface area (Å²) in [6.07, 6.45) is 0. The van der Waals surface area contributed by atoms with Crippen LogP contribution in [0.15, 0.2) is 156 Å². The van der Waals surface area contributed by atoms with Crippen molar-refractivity contribution in [1.82, 2.24) is 0 Å². The summed E-state index contributed by atoms with van der Waals surface area (Å²) >= 11 is 1.87. The van der Waals surface area contributed by atoms with E-state index in [-0.39, 0.29) is 0 Å². The number of benzene rings is 7. The van der Waals surface area contributed by atoms with Gasteiger partial charge in [0, 0.05) is 42.3 Å². The van der Waals surface area contributed by atoms with Crippen molar-refractivity contribution in [3.05, 3.63) is 152 Å². The molecule has 9 rings (SSSR count). The summed E-state index contributed by atoms with van der Waals surface area (Å²) in [5.74, 6) is 0. The SMILES string of the molecule is c1ccc(N(c2ccccc2)c2ccc(-c3cc4sc5ccccc5c4c4ccccc34)c3c2oc2ccccc23)cc1. The van der Waals surface area contributed by atoms with Crippen molar-refractivity contribution in [3.63, 3.8) is 0 Å². The molecule has 9 aromatic rings. The highest BCUT2D eigenvalue weighted by atomic mass is 32.1. The Morgan fingerprint density at radius 1 is 0.442 bits per heavy atom. The molecule has 0 aliphatic heterocycles. The molecule has 0 bridgehead atoms. The van der Waals surface area contributed by atoms with E-state index in [1.165, 1.54) is 42.1 Å². The van der Waals surface area contributed by atoms with Crippen LogP contribution in [0.1, 0.15) is 0 Å². The van der Waals surface area contributed by atoms with E-state index in [9.17, 15) is 0 Å². The summed E-state index contributed by atoms with van der Waals surface area (Å²) in [5, 5.41) is 7.45. The molecule has 0 fully saturated rings. The summed E-state index contributed by atoms with van der Waals surface area (Å²) < 4.78 is 9.39. The monoisotopic (exact) mass is 567 g/mol. The number of nitrogens with zero attached hydrogens (tertiary/aromatic N) is 1. The first kappa shape index (κ1) is 24.2. The lowest BCUT2D eigenvalue weighted by atomic mass is 9.92. The van der Waals surface area contributed by atoms with Gasteiger partial charge in [-0.05, 0) is 70.4 Å². The predicted molar refractivity (Wildman–Crippen MR) is 184 cm³/mol. The third kappa shape index (κ3) is 3.72. The second-order valence-corrected chi connectivity index (χ2v) is 12.0. The third-order valence-electron chi connectivity index (χ3n) is 8.45. The van der Waals surface area contributed by atoms with Gasteiger partial charge in [-0.25, -0.2) is 0 Å². The normalized spacial score (nSPS) is 11.7. The van der Waals surface area contributed by atoms with Crippen molar-refractivity contribution in [3.8, 4) is 11.1 Å². The van der Waals surface area contributed by atoms with E-state index < -0.39 is 0 Å². The minimum atomic E-state index is 0.881. The van der Waals surface area contributed by atoms with E-state index in [4.69, 9.17) is 4.42 Å². The fourth-order valence-corrected chi connectivity index (χ4v) is 7.77. The second-order valence-electron chi connectivity index (χ2n) is 10.9. The largest absolute Gasteiger partial charge is 0.454 e. The molecule has 2 heterocycles. The van der Waals surface area contributed by atoms with Gasteiger partial charge in [0.15, 0.2) is 5.58 Å². The minimum absolute atomic E-state index is 0.881. The molecule has 7 aromatic carbocycles. The topological polar surface area (TPSA) is 16.4 Å². The highest BCUT2D eigenvalue weighted by molar-refractivity contribution is 7.26. The van der Waals surface area contributed by atoms with Gasteiger partial charge in [0.05, 0.1) is 5.69 Å². The second kappa shape index (κ2) is 9.59. The highest BCUT2D eigenvalue weighted by Crippen LogP contribution is 2.48. The zero-order chi connectivity index (χ0) is 28.3. The number of furan rings is 1. The van der Waals surface area contributed by atoms with Crippen LogP contribution in [0.2, 0.25) is 0 Å². The summed E-state index contributed by atoms with van der Waals surface area (Å²) in [4.78, 5) is 2.29. The average molecular weight is 568 g/mol. The van der Waals surface area contributed by atoms with E-state index in [1.807, 2.05) is 11.3 Å². The molecule has 0 unspecified atom stereocenters. The van der Waals surface area contributed by atoms with E-state index in [1.54, 1.807) is 0 Å². The Hall–Kier alpha value is -5.38. The van der Waals surface area contributed by atoms with Crippen LogP contribution in [0.25, 0.3) is 64.0 Å². The number of fused-ring (bicyclic) bond motifs is 8. The molecular weight excluding hydrogens is 543 g/mol. The third-order valence-corrected chi connectivity index (χ3v) is 9.57. The first-order chi connectivity index (χ1) is 21.3. The molecule has 43 heavy (non-hydrogen) atoms. The lowest BCUT2D eigenvalue weighted by Crippen LogP contribution is -2.10. The Labute approximate surface area is 252 Å². The molecule has 0 spiro atoms. The quantitative estimate of drug-likeness (QED) is 0.210. The zero-order valence-corrected chi connectivity index (χ0v) is 24.0. The Kier molecular flexibility index (Phi) is 5.40. The Morgan fingerprint density at radius 3 is 1.79 bits per heavy atom. The van der Waals surface area contributed by atoms with Gasteiger partial charge in [-0.1, -0.05) is 103 Å². The molecule has 0 saturated carbocycles. The molecular formula is C40H25NOS. The lowest BCUT2D eigenvalue weighted by Gasteiger charge is -2.26. The van der Waals surface area contributed by atoms with Crippen molar-refractivity contribution >= 4 is 81.3 Å². The molecule has 0 amide bonds. The molecule has 202 valence electrons. The van der Waals surface area contributed by atoms with E-state index >= 15 is 0 Å². The fourth-order valence-electron chi connectivity index (χ4n) is 6.61. The maximum Gasteiger partial charge on any atom is 0.160 e. The van der Waals surface area contributed by atoms with Crippen LogP contribution in [-0.4, -0.2) is 0 Å². The number of rotatable bonds is 4. The van der Waals surface area contributed by atoms with Gasteiger partial charge in [0.2, 0.25) is 0 Å². The average Bonchev–Trinajstić information content (AvgIpc) is 3.65. The van der Waals surface area contributed by atoms with Crippen molar-refractivity contribution < 1.29 is 4.42 Å². The smallest absolute Gasteiger partial charge is 0.160 e. The van der Waals surface area contributed by atoms with Crippen molar-refractivity contribution in [2.75, 3.05) is 4.90 Å². The summed E-state index contributed by atoms with van der Waals surface area (Å²) in [6, 6.07) is 54.0. The van der Waals surface area contributed by atoms with Crippen LogP contribution < -0.4 is 4.90 Å². The molecule has 0 radical (unpaired) electrons. The molecule has 2 aromatic heterocycles. The number of hydrogen-bond acceptors (Lipinski definition) is 3. The fraction of sp³-hybridized carbons (Fsp3) is 0. The highest BCUT2D eigenvalue weighted by Gasteiger charge is 2.23. The van der Waals surface area contributed by atoms with Gasteiger partial charge in [-0.2, -0.15) is 0 Å². The maximum atomic E-state index is 6.78. The van der Waals surface area contributed by atoms with Gasteiger partial charge >= 0.3 is 0 Å². The van der Waals surface area contributed by atoms with Crippen LogP contribution in [0, 0.1) is 0 Å². The Morgan fingerprint density at radius 2 is 1.05 bits per heavy atom. The molecule has 0 aliphatic carbocycles. The molecule has 2 nitrogen and oxygen atoms in total. The lowest BCUT2D eigenvalue weighted by molar-refractivity contribution is 0.669. The predicted octanol–water partition coefficient (Wildman–Crippen LogP) is 12.2. The summed E-state index contributed by atoms with van der Waals surface area (Å²) in [5.41, 5.74) is 7.36. The molecule has 0 saturated heterocycles. The van der Waals surface area contributed by atoms with Crippen LogP contribution in [-0.2, 0) is 0 Å². The zero-order valence-electron chi connectivity index (χ0n) is 23.2. The number of para-hydroxylation sites is 3. The summed E-state index contributed by atoms with van der Waals surface area (Å²) in [6.45, 7) is 0. The molecule has 3 heteroatoms. The first-order valence-corrected chi connectivity index (χ1v) is 15.3. The van der Waals surface area contributed by atoms with Crippen LogP contribution in [0.5, 0.6) is 0 Å². The maximum absolute atomic E-state index is 6.78. The van der Waals surface area contributed by atoms with E-state index in [0.29, 0.717) is 0 Å². The van der Waals surface area contributed by atoms with E-state index in [0.717, 1.165) is 39.0 Å². The Balaban J connectivity index is 1.40. The van der Waals surface area contributed by atoms with Gasteiger partial charge < -0.3 is 9.32 Å². The molecule has 0 atom stereocenters. The van der Waals surface area contributed by atoms with Gasteiger partial charge in [-0.15, -0.1) is 11.3 Å². The van der Waals surface area contributed by atoms with Crippen molar-refractivity contribution in [2.24, 2.45) is 0 Å². The first-order valence-electron chi connectivity index (χ1n) is 14.5. The van der Waals surface area contributed by atoms with Crippen molar-refractivity contribution in [2.45, 2.75) is 0 Å². The summed E-state index contributed by atoms with van der Waals surface area (Å²) in [7, 11) is 0. The standard InChI is InChI=1S/C40H25NOS/c1-3-13-26(14-4-1)41(27-15-5-2-6-16-27)34-24-23-30(39-31-19-9-11-21-35(31)42-40(34)39)33-25-37-38(29-18-8-7-17-28(29)33)32-20-10-12-22-36(32)43-37/h1-25H. The molecule has 0 aliphatic rings.